The van der Waals surface area contributed by atoms with Gasteiger partial charge in [-0.25, -0.2) is 0 Å². The lowest BCUT2D eigenvalue weighted by Gasteiger charge is -2.28. The van der Waals surface area contributed by atoms with Crippen molar-refractivity contribution in [1.29, 1.82) is 0 Å². The van der Waals surface area contributed by atoms with E-state index in [9.17, 15) is 9.59 Å². The first kappa shape index (κ1) is 19.7. The Morgan fingerprint density at radius 2 is 1.85 bits per heavy atom. The predicted octanol–water partition coefficient (Wildman–Crippen LogP) is 3.89. The number of carbonyl (C=O) groups is 2. The summed E-state index contributed by atoms with van der Waals surface area (Å²) in [4.78, 5) is 29.1. The van der Waals surface area contributed by atoms with Crippen molar-refractivity contribution in [3.8, 4) is 0 Å². The van der Waals surface area contributed by atoms with E-state index >= 15 is 0 Å². The van der Waals surface area contributed by atoms with Gasteiger partial charge in [-0.05, 0) is 55.4 Å². The normalized spacial score (nSPS) is 16.8. The standard InChI is InChI=1S/C22H33N3O2/c1-15(2)22(27)25(13-16-8-9-16)14-18-12-19(10-11-20(18)24(3)4)23-21(26)17-6-5-7-17/h10-12,15-17H,5-9,13-14H2,1-4H3,(H,23,26). The maximum atomic E-state index is 12.7. The molecule has 1 aromatic rings. The van der Waals surface area contributed by atoms with Gasteiger partial charge in [-0.15, -0.1) is 0 Å². The van der Waals surface area contributed by atoms with Gasteiger partial charge in [0.05, 0.1) is 0 Å². The molecule has 5 nitrogen and oxygen atoms in total. The Labute approximate surface area is 163 Å². The van der Waals surface area contributed by atoms with Gasteiger partial charge >= 0.3 is 0 Å². The van der Waals surface area contributed by atoms with Gasteiger partial charge in [0.15, 0.2) is 0 Å². The maximum absolute atomic E-state index is 12.7. The van der Waals surface area contributed by atoms with Crippen LogP contribution in [-0.4, -0.2) is 37.4 Å². The average molecular weight is 372 g/mol. The molecule has 0 spiro atoms. The van der Waals surface area contributed by atoms with Gasteiger partial charge in [-0.1, -0.05) is 20.3 Å². The van der Waals surface area contributed by atoms with Crippen LogP contribution in [0.3, 0.4) is 0 Å². The van der Waals surface area contributed by atoms with Gasteiger partial charge in [0.25, 0.3) is 0 Å². The summed E-state index contributed by atoms with van der Waals surface area (Å²) >= 11 is 0. The van der Waals surface area contributed by atoms with Gasteiger partial charge in [-0.3, -0.25) is 9.59 Å². The van der Waals surface area contributed by atoms with E-state index in [-0.39, 0.29) is 23.7 Å². The summed E-state index contributed by atoms with van der Waals surface area (Å²) in [7, 11) is 4.03. The van der Waals surface area contributed by atoms with Crippen LogP contribution in [0.15, 0.2) is 18.2 Å². The van der Waals surface area contributed by atoms with E-state index in [4.69, 9.17) is 0 Å². The SMILES string of the molecule is CC(C)C(=O)N(Cc1cc(NC(=O)C2CCC2)ccc1N(C)C)CC1CC1. The first-order valence-electron chi connectivity index (χ1n) is 10.2. The molecule has 2 aliphatic rings. The molecule has 2 saturated carbocycles. The highest BCUT2D eigenvalue weighted by Crippen LogP contribution is 2.32. The number of amides is 2. The van der Waals surface area contributed by atoms with Crippen LogP contribution in [0.4, 0.5) is 11.4 Å². The first-order valence-corrected chi connectivity index (χ1v) is 10.2. The lowest BCUT2D eigenvalue weighted by molar-refractivity contribution is -0.135. The summed E-state index contributed by atoms with van der Waals surface area (Å²) in [6.07, 6.45) is 5.58. The van der Waals surface area contributed by atoms with Crippen molar-refractivity contribution in [2.75, 3.05) is 30.9 Å². The van der Waals surface area contributed by atoms with Crippen LogP contribution in [0.2, 0.25) is 0 Å². The molecule has 2 fully saturated rings. The quantitative estimate of drug-likeness (QED) is 0.754. The second-order valence-corrected chi connectivity index (χ2v) is 8.67. The number of nitrogens with one attached hydrogen (secondary N) is 1. The summed E-state index contributed by atoms with van der Waals surface area (Å²) in [5, 5.41) is 3.07. The van der Waals surface area contributed by atoms with Gasteiger partial charge < -0.3 is 15.1 Å². The molecule has 0 heterocycles. The van der Waals surface area contributed by atoms with Crippen LogP contribution in [0.25, 0.3) is 0 Å². The molecule has 0 atom stereocenters. The Bertz CT molecular complexity index is 691. The van der Waals surface area contributed by atoms with Crippen LogP contribution >= 0.6 is 0 Å². The highest BCUT2D eigenvalue weighted by atomic mass is 16.2. The van der Waals surface area contributed by atoms with Crippen molar-refractivity contribution in [2.24, 2.45) is 17.8 Å². The topological polar surface area (TPSA) is 52.7 Å². The molecule has 0 aliphatic heterocycles. The maximum Gasteiger partial charge on any atom is 0.227 e. The minimum absolute atomic E-state index is 0.00643. The predicted molar refractivity (Wildman–Crippen MR) is 110 cm³/mol. The fourth-order valence-corrected chi connectivity index (χ4v) is 3.56. The molecule has 3 rings (SSSR count). The fraction of sp³-hybridized carbons (Fsp3) is 0.636. The van der Waals surface area contributed by atoms with Crippen molar-refractivity contribution in [3.05, 3.63) is 23.8 Å². The molecule has 5 heteroatoms. The molecule has 2 amide bonds. The zero-order chi connectivity index (χ0) is 19.6. The number of carbonyl (C=O) groups excluding carboxylic acids is 2. The van der Waals surface area contributed by atoms with Crippen molar-refractivity contribution in [2.45, 2.75) is 52.5 Å². The summed E-state index contributed by atoms with van der Waals surface area (Å²) < 4.78 is 0. The van der Waals surface area contributed by atoms with Gasteiger partial charge in [0, 0.05) is 50.4 Å². The van der Waals surface area contributed by atoms with Crippen LogP contribution < -0.4 is 10.2 Å². The highest BCUT2D eigenvalue weighted by molar-refractivity contribution is 5.93. The second kappa shape index (κ2) is 8.32. The molecule has 0 unspecified atom stereocenters. The molecule has 0 bridgehead atoms. The lowest BCUT2D eigenvalue weighted by Crippen LogP contribution is -2.36. The highest BCUT2D eigenvalue weighted by Gasteiger charge is 2.29. The third-order valence-corrected chi connectivity index (χ3v) is 5.65. The van der Waals surface area contributed by atoms with Crippen LogP contribution in [0, 0.1) is 17.8 Å². The Kier molecular flexibility index (Phi) is 6.08. The van der Waals surface area contributed by atoms with E-state index in [1.165, 1.54) is 12.8 Å². The third-order valence-electron chi connectivity index (χ3n) is 5.65. The molecule has 0 saturated heterocycles. The molecule has 0 aromatic heterocycles. The Morgan fingerprint density at radius 3 is 2.37 bits per heavy atom. The zero-order valence-electron chi connectivity index (χ0n) is 17.1. The number of anilines is 2. The average Bonchev–Trinajstić information content (AvgIpc) is 3.35. The third kappa shape index (κ3) is 5.02. The Morgan fingerprint density at radius 1 is 1.15 bits per heavy atom. The summed E-state index contributed by atoms with van der Waals surface area (Å²) in [5.74, 6) is 1.13. The van der Waals surface area contributed by atoms with Crippen LogP contribution in [-0.2, 0) is 16.1 Å². The molecule has 0 radical (unpaired) electrons. The number of rotatable bonds is 8. The molecule has 1 N–H and O–H groups in total. The lowest BCUT2D eigenvalue weighted by atomic mass is 9.85. The van der Waals surface area contributed by atoms with Crippen LogP contribution in [0.5, 0.6) is 0 Å². The zero-order valence-corrected chi connectivity index (χ0v) is 17.1. The van der Waals surface area contributed by atoms with Crippen molar-refractivity contribution in [3.63, 3.8) is 0 Å². The number of nitrogens with zero attached hydrogens (tertiary/aromatic N) is 2. The molecule has 148 valence electrons. The second-order valence-electron chi connectivity index (χ2n) is 8.67. The molecule has 1 aromatic carbocycles. The van der Waals surface area contributed by atoms with E-state index in [1.54, 1.807) is 0 Å². The molecular weight excluding hydrogens is 338 g/mol. The molecule has 2 aliphatic carbocycles. The van der Waals surface area contributed by atoms with E-state index in [1.807, 2.05) is 51.0 Å². The number of hydrogen-bond donors (Lipinski definition) is 1. The summed E-state index contributed by atoms with van der Waals surface area (Å²) in [6.45, 7) is 5.35. The minimum Gasteiger partial charge on any atom is -0.377 e. The van der Waals surface area contributed by atoms with E-state index in [2.05, 4.69) is 10.2 Å². The van der Waals surface area contributed by atoms with E-state index in [0.29, 0.717) is 12.5 Å². The fourth-order valence-electron chi connectivity index (χ4n) is 3.56. The number of benzene rings is 1. The molecular formula is C22H33N3O2. The summed E-state index contributed by atoms with van der Waals surface area (Å²) in [5.41, 5.74) is 3.01. The van der Waals surface area contributed by atoms with E-state index in [0.717, 1.165) is 42.7 Å². The summed E-state index contributed by atoms with van der Waals surface area (Å²) in [6, 6.07) is 6.05. The Hall–Kier alpha value is -2.04. The monoisotopic (exact) mass is 371 g/mol. The van der Waals surface area contributed by atoms with Crippen molar-refractivity contribution < 1.29 is 9.59 Å². The van der Waals surface area contributed by atoms with Gasteiger partial charge in [-0.2, -0.15) is 0 Å². The molecule has 27 heavy (non-hydrogen) atoms. The van der Waals surface area contributed by atoms with Crippen molar-refractivity contribution >= 4 is 23.2 Å². The Balaban J connectivity index is 1.79. The van der Waals surface area contributed by atoms with Crippen molar-refractivity contribution in [1.82, 2.24) is 4.90 Å². The van der Waals surface area contributed by atoms with Gasteiger partial charge in [0.1, 0.15) is 0 Å². The first-order chi connectivity index (χ1) is 12.8. The minimum atomic E-state index is -0.00643. The number of hydrogen-bond acceptors (Lipinski definition) is 3. The van der Waals surface area contributed by atoms with Crippen LogP contribution in [0.1, 0.15) is 51.5 Å². The smallest absolute Gasteiger partial charge is 0.227 e. The van der Waals surface area contributed by atoms with E-state index < -0.39 is 0 Å². The largest absolute Gasteiger partial charge is 0.377 e. The van der Waals surface area contributed by atoms with Gasteiger partial charge in [0.2, 0.25) is 11.8 Å².